The second-order valence-corrected chi connectivity index (χ2v) is 8.20. The van der Waals surface area contributed by atoms with Crippen molar-refractivity contribution in [1.82, 2.24) is 9.55 Å². The second kappa shape index (κ2) is 10.5. The number of nitrogen functional groups attached to an aromatic ring is 1. The van der Waals surface area contributed by atoms with E-state index in [2.05, 4.69) is 4.98 Å². The van der Waals surface area contributed by atoms with E-state index in [0.29, 0.717) is 22.0 Å². The highest BCUT2D eigenvalue weighted by molar-refractivity contribution is 6.42. The topological polar surface area (TPSA) is 101 Å². The largest absolute Gasteiger partial charge is 0.383 e. The molecule has 3 aromatic rings. The number of benzene rings is 2. The van der Waals surface area contributed by atoms with Crippen molar-refractivity contribution in [3.05, 3.63) is 90.5 Å². The van der Waals surface area contributed by atoms with Crippen molar-refractivity contribution < 1.29 is 4.79 Å². The number of H-pyrrole nitrogens is 1. The van der Waals surface area contributed by atoms with E-state index in [4.69, 9.17) is 28.9 Å². The van der Waals surface area contributed by atoms with Crippen LogP contribution in [0.5, 0.6) is 0 Å². The first-order valence-corrected chi connectivity index (χ1v) is 11.0. The number of hydrogen-bond acceptors (Lipinski definition) is 4. The normalized spacial score (nSPS) is 10.8. The van der Waals surface area contributed by atoms with E-state index in [-0.39, 0.29) is 36.9 Å². The summed E-state index contributed by atoms with van der Waals surface area (Å²) in [6.45, 7) is 2.43. The summed E-state index contributed by atoms with van der Waals surface area (Å²) in [5.41, 5.74) is 6.42. The number of aromatic nitrogens is 2. The predicted octanol–water partition coefficient (Wildman–Crippen LogP) is 3.85. The number of unbranched alkanes of at least 4 members (excludes halogenated alkanes) is 1. The molecule has 0 saturated heterocycles. The van der Waals surface area contributed by atoms with Gasteiger partial charge in [-0.05, 0) is 29.7 Å². The van der Waals surface area contributed by atoms with Crippen LogP contribution in [-0.4, -0.2) is 22.0 Å². The number of nitrogens with zero attached hydrogens (tertiary/aromatic N) is 2. The van der Waals surface area contributed by atoms with E-state index in [1.807, 2.05) is 37.3 Å². The van der Waals surface area contributed by atoms with E-state index in [1.165, 1.54) is 9.47 Å². The van der Waals surface area contributed by atoms with E-state index < -0.39 is 11.2 Å². The van der Waals surface area contributed by atoms with Crippen LogP contribution in [0, 0.1) is 0 Å². The number of anilines is 2. The van der Waals surface area contributed by atoms with Crippen molar-refractivity contribution in [3.63, 3.8) is 0 Å². The lowest BCUT2D eigenvalue weighted by Crippen LogP contribution is -2.42. The minimum Gasteiger partial charge on any atom is -0.383 e. The third kappa shape index (κ3) is 5.41. The van der Waals surface area contributed by atoms with Gasteiger partial charge in [0.1, 0.15) is 5.82 Å². The van der Waals surface area contributed by atoms with E-state index in [0.717, 1.165) is 12.0 Å². The molecule has 2 aromatic carbocycles. The van der Waals surface area contributed by atoms with Gasteiger partial charge < -0.3 is 10.6 Å². The Bertz CT molecular complexity index is 1220. The lowest BCUT2D eigenvalue weighted by Gasteiger charge is -2.24. The number of nitrogens with one attached hydrogen (secondary N) is 1. The molecule has 0 saturated carbocycles. The molecule has 0 fully saturated rings. The first-order chi connectivity index (χ1) is 15.3. The van der Waals surface area contributed by atoms with Crippen LogP contribution in [-0.2, 0) is 17.8 Å². The van der Waals surface area contributed by atoms with Crippen molar-refractivity contribution in [2.45, 2.75) is 32.7 Å². The number of aromatic amines is 1. The highest BCUT2D eigenvalue weighted by Crippen LogP contribution is 2.24. The molecule has 0 aliphatic carbocycles. The van der Waals surface area contributed by atoms with Crippen LogP contribution < -0.4 is 21.9 Å². The van der Waals surface area contributed by atoms with Crippen molar-refractivity contribution in [1.29, 1.82) is 0 Å². The number of rotatable bonds is 8. The van der Waals surface area contributed by atoms with Gasteiger partial charge in [-0.1, -0.05) is 72.9 Å². The molecule has 3 rings (SSSR count). The standard InChI is InChI=1S/C23H24Cl2N4O3/c1-2-3-11-28(19(30)13-16-9-10-17(24)18(25)12-16)20-21(26)29(23(32)27-22(20)31)14-15-7-5-4-6-8-15/h4-10,12H,2-3,11,13-14,26H2,1H3,(H,27,31,32). The van der Waals surface area contributed by atoms with E-state index in [1.54, 1.807) is 18.2 Å². The van der Waals surface area contributed by atoms with Gasteiger partial charge in [0.15, 0.2) is 5.69 Å². The second-order valence-electron chi connectivity index (χ2n) is 7.39. The van der Waals surface area contributed by atoms with Gasteiger partial charge in [-0.2, -0.15) is 0 Å². The maximum absolute atomic E-state index is 13.2. The van der Waals surface area contributed by atoms with Gasteiger partial charge in [0.2, 0.25) is 5.91 Å². The van der Waals surface area contributed by atoms with Crippen molar-refractivity contribution in [2.24, 2.45) is 0 Å². The number of carbonyl (C=O) groups is 1. The number of halogens is 2. The zero-order chi connectivity index (χ0) is 23.3. The maximum atomic E-state index is 13.2. The fourth-order valence-electron chi connectivity index (χ4n) is 3.36. The summed E-state index contributed by atoms with van der Waals surface area (Å²) in [6.07, 6.45) is 1.46. The first kappa shape index (κ1) is 23.6. The summed E-state index contributed by atoms with van der Waals surface area (Å²) in [5.74, 6) is -0.389. The molecule has 1 aromatic heterocycles. The van der Waals surface area contributed by atoms with Crippen LogP contribution in [0.15, 0.2) is 58.1 Å². The molecule has 1 amide bonds. The van der Waals surface area contributed by atoms with Gasteiger partial charge in [0, 0.05) is 6.54 Å². The summed E-state index contributed by atoms with van der Waals surface area (Å²) in [4.78, 5) is 42.1. The lowest BCUT2D eigenvalue weighted by atomic mass is 10.1. The number of amides is 1. The Morgan fingerprint density at radius 1 is 1.06 bits per heavy atom. The molecule has 0 aliphatic rings. The van der Waals surface area contributed by atoms with Gasteiger partial charge in [-0.15, -0.1) is 0 Å². The maximum Gasteiger partial charge on any atom is 0.330 e. The van der Waals surface area contributed by atoms with Crippen molar-refractivity contribution >= 4 is 40.6 Å². The number of carbonyl (C=O) groups excluding carboxylic acids is 1. The zero-order valence-corrected chi connectivity index (χ0v) is 19.1. The lowest BCUT2D eigenvalue weighted by molar-refractivity contribution is -0.118. The molecule has 1 heterocycles. The highest BCUT2D eigenvalue weighted by Gasteiger charge is 2.24. The number of nitrogens with two attached hydrogens (primary N) is 1. The smallest absolute Gasteiger partial charge is 0.330 e. The fourth-order valence-corrected chi connectivity index (χ4v) is 3.68. The minimum atomic E-state index is -0.699. The average molecular weight is 475 g/mol. The first-order valence-electron chi connectivity index (χ1n) is 10.2. The van der Waals surface area contributed by atoms with E-state index >= 15 is 0 Å². The Hall–Kier alpha value is -3.03. The van der Waals surface area contributed by atoms with Crippen LogP contribution in [0.1, 0.15) is 30.9 Å². The van der Waals surface area contributed by atoms with Gasteiger partial charge in [0.25, 0.3) is 5.56 Å². The fraction of sp³-hybridized carbons (Fsp3) is 0.261. The van der Waals surface area contributed by atoms with Gasteiger partial charge >= 0.3 is 5.69 Å². The summed E-state index contributed by atoms with van der Waals surface area (Å²) in [5, 5.41) is 0.727. The highest BCUT2D eigenvalue weighted by atomic mass is 35.5. The van der Waals surface area contributed by atoms with E-state index in [9.17, 15) is 14.4 Å². The molecule has 32 heavy (non-hydrogen) atoms. The molecule has 0 radical (unpaired) electrons. The summed E-state index contributed by atoms with van der Waals surface area (Å²) in [6, 6.07) is 14.2. The molecule has 9 heteroatoms. The van der Waals surface area contributed by atoms with Gasteiger partial charge in [-0.3, -0.25) is 19.1 Å². The Balaban J connectivity index is 2.01. The molecule has 0 unspecified atom stereocenters. The van der Waals surface area contributed by atoms with Gasteiger partial charge in [0.05, 0.1) is 23.0 Å². The molecule has 0 spiro atoms. The SMILES string of the molecule is CCCCN(C(=O)Cc1ccc(Cl)c(Cl)c1)c1c(N)n(Cc2ccccc2)c(=O)[nH]c1=O. The Labute approximate surface area is 195 Å². The summed E-state index contributed by atoms with van der Waals surface area (Å²) >= 11 is 12.0. The molecule has 0 atom stereocenters. The Kier molecular flexibility index (Phi) is 7.77. The van der Waals surface area contributed by atoms with Crippen LogP contribution >= 0.6 is 23.2 Å². The van der Waals surface area contributed by atoms with Crippen molar-refractivity contribution in [3.8, 4) is 0 Å². The molecular formula is C23H24Cl2N4O3. The molecule has 7 nitrogen and oxygen atoms in total. The summed E-state index contributed by atoms with van der Waals surface area (Å²) < 4.78 is 1.26. The average Bonchev–Trinajstić information content (AvgIpc) is 2.76. The van der Waals surface area contributed by atoms with Crippen LogP contribution in [0.3, 0.4) is 0 Å². The Morgan fingerprint density at radius 2 is 1.78 bits per heavy atom. The molecule has 0 bridgehead atoms. The van der Waals surface area contributed by atoms with Crippen molar-refractivity contribution in [2.75, 3.05) is 17.2 Å². The quantitative estimate of drug-likeness (QED) is 0.517. The van der Waals surface area contributed by atoms with Crippen LogP contribution in [0.25, 0.3) is 0 Å². The van der Waals surface area contributed by atoms with Crippen LogP contribution in [0.2, 0.25) is 10.0 Å². The number of hydrogen-bond donors (Lipinski definition) is 2. The third-order valence-electron chi connectivity index (χ3n) is 5.04. The minimum absolute atomic E-state index is 0.00268. The van der Waals surface area contributed by atoms with Crippen LogP contribution in [0.4, 0.5) is 11.5 Å². The summed E-state index contributed by atoms with van der Waals surface area (Å²) in [7, 11) is 0. The molecular weight excluding hydrogens is 451 g/mol. The molecule has 168 valence electrons. The molecule has 0 aliphatic heterocycles. The predicted molar refractivity (Wildman–Crippen MR) is 129 cm³/mol. The third-order valence-corrected chi connectivity index (χ3v) is 5.78. The Morgan fingerprint density at radius 3 is 2.44 bits per heavy atom. The zero-order valence-electron chi connectivity index (χ0n) is 17.6. The van der Waals surface area contributed by atoms with Gasteiger partial charge in [-0.25, -0.2) is 4.79 Å². The molecule has 3 N–H and O–H groups in total. The monoisotopic (exact) mass is 474 g/mol.